The Morgan fingerprint density at radius 2 is 1.91 bits per heavy atom. The number of fused-ring (bicyclic) bond motifs is 1. The molecule has 1 spiro atoms. The van der Waals surface area contributed by atoms with Crippen molar-refractivity contribution in [1.82, 2.24) is 24.8 Å². The van der Waals surface area contributed by atoms with Crippen LogP contribution in [-0.2, 0) is 6.18 Å². The minimum absolute atomic E-state index is 0.0904. The summed E-state index contributed by atoms with van der Waals surface area (Å²) in [6.45, 7) is 2.56. The quantitative estimate of drug-likeness (QED) is 0.234. The maximum atomic E-state index is 16.9. The number of hydrogen-bond donors (Lipinski definition) is 1. The molecule has 254 valence electrons. The average molecular weight is 682 g/mol. The van der Waals surface area contributed by atoms with Gasteiger partial charge in [-0.1, -0.05) is 11.6 Å². The zero-order valence-corrected chi connectivity index (χ0v) is 27.0. The molecule has 0 bridgehead atoms. The van der Waals surface area contributed by atoms with E-state index in [2.05, 4.69) is 19.8 Å². The van der Waals surface area contributed by atoms with Crippen LogP contribution in [-0.4, -0.2) is 95.5 Å². The van der Waals surface area contributed by atoms with Crippen LogP contribution in [0.5, 0.6) is 11.9 Å². The number of nitrogens with zero attached hydrogens (tertiary/aromatic N) is 6. The Labute approximate surface area is 274 Å². The van der Waals surface area contributed by atoms with Crippen molar-refractivity contribution in [2.24, 2.45) is 0 Å². The van der Waals surface area contributed by atoms with Gasteiger partial charge >= 0.3 is 12.2 Å². The molecular weight excluding hydrogens is 645 g/mol. The van der Waals surface area contributed by atoms with E-state index in [1.807, 2.05) is 19.0 Å². The monoisotopic (exact) mass is 681 g/mol. The number of pyridine rings is 1. The molecule has 0 unspecified atom stereocenters. The van der Waals surface area contributed by atoms with E-state index in [1.54, 1.807) is 0 Å². The van der Waals surface area contributed by atoms with Crippen molar-refractivity contribution in [2.45, 2.75) is 68.4 Å². The molecule has 2 atom stereocenters. The molecular formula is C32H37ClF5N7O2. The Bertz CT molecular complexity index is 1710. The van der Waals surface area contributed by atoms with Crippen molar-refractivity contribution >= 4 is 34.0 Å². The first-order chi connectivity index (χ1) is 22.3. The summed E-state index contributed by atoms with van der Waals surface area (Å²) in [6.07, 6.45) is -0.660. The van der Waals surface area contributed by atoms with E-state index in [-0.39, 0.29) is 47.2 Å². The van der Waals surface area contributed by atoms with Gasteiger partial charge in [0, 0.05) is 49.3 Å². The SMILES string of the molecule is CN(C)CCN1c2nc(OC[C@@]34CCCN3C[C@H](F)C4)nc3c(F)c(-c4cc(N)cc(Cl)c4C(F)(F)F)nc(c23)OCCC12CCC2. The smallest absolute Gasteiger partial charge is 0.418 e. The van der Waals surface area contributed by atoms with Crippen molar-refractivity contribution in [2.75, 3.05) is 64.1 Å². The second-order valence-corrected chi connectivity index (χ2v) is 14.0. The number of benzene rings is 1. The summed E-state index contributed by atoms with van der Waals surface area (Å²) >= 11 is 6.04. The fourth-order valence-electron chi connectivity index (χ4n) is 7.84. The summed E-state index contributed by atoms with van der Waals surface area (Å²) < 4.78 is 86.7. The van der Waals surface area contributed by atoms with Gasteiger partial charge in [-0.2, -0.15) is 23.1 Å². The highest BCUT2D eigenvalue weighted by molar-refractivity contribution is 6.32. The molecule has 4 aliphatic rings. The zero-order chi connectivity index (χ0) is 33.3. The molecule has 1 aliphatic carbocycles. The molecule has 2 N–H and O–H groups in total. The summed E-state index contributed by atoms with van der Waals surface area (Å²) in [5.74, 6) is -0.865. The highest BCUT2D eigenvalue weighted by Gasteiger charge is 2.50. The van der Waals surface area contributed by atoms with Gasteiger partial charge in [-0.05, 0) is 64.9 Å². The Balaban J connectivity index is 1.44. The van der Waals surface area contributed by atoms with Crippen LogP contribution in [0.1, 0.15) is 50.5 Å². The maximum Gasteiger partial charge on any atom is 0.418 e. The lowest BCUT2D eigenvalue weighted by Gasteiger charge is -2.52. The third kappa shape index (κ3) is 5.59. The number of rotatable bonds is 7. The molecule has 9 nitrogen and oxygen atoms in total. The van der Waals surface area contributed by atoms with Crippen LogP contribution in [0.15, 0.2) is 12.1 Å². The van der Waals surface area contributed by atoms with E-state index in [4.69, 9.17) is 31.8 Å². The largest absolute Gasteiger partial charge is 0.477 e. The maximum absolute atomic E-state index is 16.9. The molecule has 5 heterocycles. The first kappa shape index (κ1) is 32.3. The van der Waals surface area contributed by atoms with Crippen molar-refractivity contribution in [3.05, 3.63) is 28.5 Å². The summed E-state index contributed by atoms with van der Waals surface area (Å²) in [4.78, 5) is 19.9. The minimum atomic E-state index is -4.94. The lowest BCUT2D eigenvalue weighted by Crippen LogP contribution is -2.57. The summed E-state index contributed by atoms with van der Waals surface area (Å²) in [6, 6.07) is 1.81. The highest BCUT2D eigenvalue weighted by atomic mass is 35.5. The van der Waals surface area contributed by atoms with Gasteiger partial charge in [-0.25, -0.2) is 13.8 Å². The number of aromatic nitrogens is 3. The van der Waals surface area contributed by atoms with E-state index in [1.165, 1.54) is 0 Å². The summed E-state index contributed by atoms with van der Waals surface area (Å²) in [5, 5.41) is -0.535. The van der Waals surface area contributed by atoms with Crippen LogP contribution in [0.3, 0.4) is 0 Å². The molecule has 0 radical (unpaired) electrons. The normalized spacial score (nSPS) is 23.9. The molecule has 2 saturated heterocycles. The van der Waals surface area contributed by atoms with Gasteiger partial charge in [0.2, 0.25) is 5.88 Å². The fraction of sp³-hybridized carbons (Fsp3) is 0.594. The van der Waals surface area contributed by atoms with Gasteiger partial charge in [0.25, 0.3) is 0 Å². The molecule has 7 rings (SSSR count). The average Bonchev–Trinajstić information content (AvgIpc) is 3.48. The molecule has 1 saturated carbocycles. The molecule has 15 heteroatoms. The number of alkyl halides is 4. The van der Waals surface area contributed by atoms with Crippen molar-refractivity contribution in [1.29, 1.82) is 0 Å². The zero-order valence-electron chi connectivity index (χ0n) is 26.3. The molecule has 3 aromatic rings. The molecule has 3 fully saturated rings. The van der Waals surface area contributed by atoms with Crippen LogP contribution in [0.25, 0.3) is 22.2 Å². The first-order valence-electron chi connectivity index (χ1n) is 16.0. The van der Waals surface area contributed by atoms with Gasteiger partial charge in [-0.3, -0.25) is 4.90 Å². The Kier molecular flexibility index (Phi) is 8.07. The number of halogens is 6. The summed E-state index contributed by atoms with van der Waals surface area (Å²) in [5.41, 5.74) is 2.11. The Hall–Kier alpha value is -3.23. The third-order valence-corrected chi connectivity index (χ3v) is 10.6. The minimum Gasteiger partial charge on any atom is -0.477 e. The number of likely N-dealkylation sites (N-methyl/N-ethyl adjacent to an activating group) is 1. The number of hydrogen-bond acceptors (Lipinski definition) is 9. The second-order valence-electron chi connectivity index (χ2n) is 13.6. The van der Waals surface area contributed by atoms with Gasteiger partial charge in [0.1, 0.15) is 35.2 Å². The predicted octanol–water partition coefficient (Wildman–Crippen LogP) is 6.11. The Morgan fingerprint density at radius 3 is 2.62 bits per heavy atom. The molecule has 3 aliphatic heterocycles. The topological polar surface area (TPSA) is 92.9 Å². The van der Waals surface area contributed by atoms with E-state index < -0.39 is 45.5 Å². The number of ether oxygens (including phenoxy) is 2. The van der Waals surface area contributed by atoms with E-state index in [0.29, 0.717) is 38.3 Å². The van der Waals surface area contributed by atoms with E-state index >= 15 is 4.39 Å². The van der Waals surface area contributed by atoms with Crippen LogP contribution in [0, 0.1) is 5.82 Å². The summed E-state index contributed by atoms with van der Waals surface area (Å²) in [7, 11) is 3.90. The fourth-order valence-corrected chi connectivity index (χ4v) is 8.18. The van der Waals surface area contributed by atoms with Gasteiger partial charge < -0.3 is 25.0 Å². The molecule has 0 amide bonds. The van der Waals surface area contributed by atoms with E-state index in [0.717, 1.165) is 50.8 Å². The molecule has 2 aromatic heterocycles. The standard InChI is InChI=1S/C32H37ClF5N7O2/c1-43(2)10-11-45-27-22-26(41-29(42-27)47-17-31-7-4-9-44(31)16-18(34)15-31)24(35)25(40-28(22)46-12-8-30(45)5-3-6-30)20-13-19(39)14-21(33)23(20)32(36,37)38/h13-14,18H,3-12,15-17,39H2,1-2H3/t18-,31+/m1/s1. The van der Waals surface area contributed by atoms with Gasteiger partial charge in [-0.15, -0.1) is 0 Å². The number of nitrogens with two attached hydrogens (primary N) is 1. The third-order valence-electron chi connectivity index (χ3n) is 10.3. The number of nitrogen functional groups attached to an aromatic ring is 1. The Morgan fingerprint density at radius 1 is 1.13 bits per heavy atom. The van der Waals surface area contributed by atoms with Crippen molar-refractivity contribution in [3.63, 3.8) is 0 Å². The van der Waals surface area contributed by atoms with Crippen LogP contribution >= 0.6 is 11.6 Å². The lowest BCUT2D eigenvalue weighted by atomic mass is 9.72. The van der Waals surface area contributed by atoms with Crippen molar-refractivity contribution < 1.29 is 31.4 Å². The lowest BCUT2D eigenvalue weighted by molar-refractivity contribution is -0.137. The highest BCUT2D eigenvalue weighted by Crippen LogP contribution is 2.50. The van der Waals surface area contributed by atoms with Crippen molar-refractivity contribution in [3.8, 4) is 23.1 Å². The number of anilines is 2. The predicted molar refractivity (Wildman–Crippen MR) is 168 cm³/mol. The van der Waals surface area contributed by atoms with E-state index in [9.17, 15) is 17.6 Å². The van der Waals surface area contributed by atoms with Gasteiger partial charge in [0.15, 0.2) is 5.82 Å². The van der Waals surface area contributed by atoms with Crippen LogP contribution < -0.4 is 20.1 Å². The van der Waals surface area contributed by atoms with Crippen LogP contribution in [0.2, 0.25) is 5.02 Å². The van der Waals surface area contributed by atoms with Gasteiger partial charge in [0.05, 0.1) is 22.7 Å². The molecule has 1 aromatic carbocycles. The first-order valence-corrected chi connectivity index (χ1v) is 16.3. The second kappa shape index (κ2) is 11.7. The molecule has 47 heavy (non-hydrogen) atoms. The van der Waals surface area contributed by atoms with Crippen LogP contribution in [0.4, 0.5) is 33.5 Å².